The van der Waals surface area contributed by atoms with Crippen LogP contribution in [0.25, 0.3) is 33.4 Å². The first-order chi connectivity index (χ1) is 19.6. The Bertz CT molecular complexity index is 1770. The Morgan fingerprint density at radius 1 is 1.02 bits per heavy atom. The lowest BCUT2D eigenvalue weighted by Crippen LogP contribution is -2.40. The Labute approximate surface area is 236 Å². The molecule has 41 heavy (non-hydrogen) atoms. The monoisotopic (exact) mass is 554 g/mol. The van der Waals surface area contributed by atoms with Gasteiger partial charge in [-0.3, -0.25) is 9.48 Å². The standard InChI is InChI=1S/C31H31FN6O3/c1-31(2,40)19-37-17-23(15-33-37)29-34-26-10-6-21(22-7-11-28(39)36(3)16-22)14-25(26)30(35-29)38-12-13-41-18-27(38)20-4-8-24(32)9-5-20/h4-11,14-17,27,40H,12-13,18-19H2,1-3H3/t27-/m1/s1. The molecule has 0 amide bonds. The molecule has 0 spiro atoms. The van der Waals surface area contributed by atoms with Crippen molar-refractivity contribution >= 4 is 16.7 Å². The average molecular weight is 555 g/mol. The van der Waals surface area contributed by atoms with Crippen LogP contribution < -0.4 is 10.5 Å². The maximum absolute atomic E-state index is 13.8. The van der Waals surface area contributed by atoms with Gasteiger partial charge in [-0.2, -0.15) is 5.10 Å². The second kappa shape index (κ2) is 10.5. The maximum atomic E-state index is 13.8. The zero-order chi connectivity index (χ0) is 28.7. The maximum Gasteiger partial charge on any atom is 0.250 e. The van der Waals surface area contributed by atoms with E-state index in [0.717, 1.165) is 39.0 Å². The van der Waals surface area contributed by atoms with Crippen molar-refractivity contribution in [1.29, 1.82) is 0 Å². The van der Waals surface area contributed by atoms with Gasteiger partial charge >= 0.3 is 0 Å². The van der Waals surface area contributed by atoms with Crippen molar-refractivity contribution in [3.8, 4) is 22.5 Å². The quantitative estimate of drug-likeness (QED) is 0.333. The number of nitrogens with zero attached hydrogens (tertiary/aromatic N) is 6. The van der Waals surface area contributed by atoms with Crippen LogP contribution in [0.4, 0.5) is 10.2 Å². The van der Waals surface area contributed by atoms with Crippen LogP contribution in [0.1, 0.15) is 25.5 Å². The molecule has 3 aromatic heterocycles. The molecule has 0 unspecified atom stereocenters. The van der Waals surface area contributed by atoms with Gasteiger partial charge in [0.1, 0.15) is 11.6 Å². The molecule has 0 bridgehead atoms. The first-order valence-corrected chi connectivity index (χ1v) is 13.5. The molecule has 4 heterocycles. The zero-order valence-electron chi connectivity index (χ0n) is 23.2. The van der Waals surface area contributed by atoms with Crippen LogP contribution in [0, 0.1) is 5.82 Å². The molecule has 2 aromatic carbocycles. The molecule has 5 aromatic rings. The minimum absolute atomic E-state index is 0.0798. The number of halogens is 1. The fourth-order valence-corrected chi connectivity index (χ4v) is 5.18. The minimum Gasteiger partial charge on any atom is -0.389 e. The van der Waals surface area contributed by atoms with E-state index < -0.39 is 5.60 Å². The Morgan fingerprint density at radius 2 is 1.80 bits per heavy atom. The minimum atomic E-state index is -0.924. The molecule has 1 aliphatic rings. The van der Waals surface area contributed by atoms with E-state index >= 15 is 0 Å². The van der Waals surface area contributed by atoms with Crippen LogP contribution in [0.3, 0.4) is 0 Å². The van der Waals surface area contributed by atoms with E-state index in [1.807, 2.05) is 36.7 Å². The molecule has 0 saturated carbocycles. The number of benzene rings is 2. The van der Waals surface area contributed by atoms with Crippen molar-refractivity contribution in [3.05, 3.63) is 94.9 Å². The van der Waals surface area contributed by atoms with Crippen LogP contribution in [0.5, 0.6) is 0 Å². The predicted molar refractivity (Wildman–Crippen MR) is 155 cm³/mol. The number of hydrogen-bond acceptors (Lipinski definition) is 7. The fraction of sp³-hybridized carbons (Fsp3) is 0.290. The summed E-state index contributed by atoms with van der Waals surface area (Å²) in [5.74, 6) is 0.940. The SMILES string of the molecule is Cn1cc(-c2ccc3nc(-c4cnn(CC(C)(C)O)c4)nc(N4CCOC[C@@H]4c4ccc(F)cc4)c3c2)ccc1=O. The smallest absolute Gasteiger partial charge is 0.250 e. The van der Waals surface area contributed by atoms with Gasteiger partial charge < -0.3 is 19.3 Å². The number of pyridine rings is 1. The highest BCUT2D eigenvalue weighted by molar-refractivity contribution is 5.94. The molecule has 0 aliphatic carbocycles. The molecule has 9 nitrogen and oxygen atoms in total. The Balaban J connectivity index is 1.51. The number of aromatic nitrogens is 5. The molecule has 1 saturated heterocycles. The lowest BCUT2D eigenvalue weighted by atomic mass is 10.0. The molecule has 0 radical (unpaired) electrons. The van der Waals surface area contributed by atoms with Crippen molar-refractivity contribution in [2.75, 3.05) is 24.7 Å². The highest BCUT2D eigenvalue weighted by atomic mass is 19.1. The summed E-state index contributed by atoms with van der Waals surface area (Å²) in [4.78, 5) is 24.2. The summed E-state index contributed by atoms with van der Waals surface area (Å²) in [6.07, 6.45) is 5.34. The summed E-state index contributed by atoms with van der Waals surface area (Å²) in [7, 11) is 1.73. The molecule has 1 N–H and O–H groups in total. The first kappa shape index (κ1) is 26.8. The highest BCUT2D eigenvalue weighted by Gasteiger charge is 2.28. The molecule has 1 fully saturated rings. The summed E-state index contributed by atoms with van der Waals surface area (Å²) >= 11 is 0. The third-order valence-corrected chi connectivity index (χ3v) is 7.19. The third kappa shape index (κ3) is 5.61. The van der Waals surface area contributed by atoms with Gasteiger partial charge in [0.2, 0.25) is 5.56 Å². The third-order valence-electron chi connectivity index (χ3n) is 7.19. The molecule has 10 heteroatoms. The lowest BCUT2D eigenvalue weighted by Gasteiger charge is -2.37. The second-order valence-electron chi connectivity index (χ2n) is 11.0. The van der Waals surface area contributed by atoms with Gasteiger partial charge in [0, 0.05) is 37.4 Å². The van der Waals surface area contributed by atoms with Crippen LogP contribution in [-0.4, -0.2) is 54.8 Å². The number of anilines is 1. The highest BCUT2D eigenvalue weighted by Crippen LogP contribution is 2.36. The van der Waals surface area contributed by atoms with Gasteiger partial charge in [0.15, 0.2) is 5.82 Å². The van der Waals surface area contributed by atoms with E-state index in [0.29, 0.717) is 32.1 Å². The molecular weight excluding hydrogens is 523 g/mol. The summed E-state index contributed by atoms with van der Waals surface area (Å²) < 4.78 is 22.9. The Morgan fingerprint density at radius 3 is 2.56 bits per heavy atom. The van der Waals surface area contributed by atoms with Crippen molar-refractivity contribution < 1.29 is 14.2 Å². The van der Waals surface area contributed by atoms with Crippen molar-refractivity contribution in [3.63, 3.8) is 0 Å². The van der Waals surface area contributed by atoms with E-state index in [4.69, 9.17) is 14.7 Å². The van der Waals surface area contributed by atoms with Crippen molar-refractivity contribution in [2.24, 2.45) is 7.05 Å². The van der Waals surface area contributed by atoms with Gasteiger partial charge in [-0.15, -0.1) is 0 Å². The van der Waals surface area contributed by atoms with Gasteiger partial charge in [0.25, 0.3) is 0 Å². The zero-order valence-corrected chi connectivity index (χ0v) is 23.2. The predicted octanol–water partition coefficient (Wildman–Crippen LogP) is 4.35. The number of aliphatic hydroxyl groups is 1. The number of hydrogen-bond donors (Lipinski definition) is 1. The number of ether oxygens (including phenoxy) is 1. The van der Waals surface area contributed by atoms with Gasteiger partial charge in [-0.25, -0.2) is 14.4 Å². The number of fused-ring (bicyclic) bond motifs is 1. The van der Waals surface area contributed by atoms with Crippen LogP contribution in [-0.2, 0) is 18.3 Å². The molecule has 6 rings (SSSR count). The summed E-state index contributed by atoms with van der Waals surface area (Å²) in [5, 5.41) is 15.5. The van der Waals surface area contributed by atoms with E-state index in [1.165, 1.54) is 12.1 Å². The van der Waals surface area contributed by atoms with Crippen molar-refractivity contribution in [1.82, 2.24) is 24.3 Å². The molecule has 1 aliphatic heterocycles. The van der Waals surface area contributed by atoms with E-state index in [9.17, 15) is 14.3 Å². The van der Waals surface area contributed by atoms with E-state index in [2.05, 4.69) is 10.00 Å². The lowest BCUT2D eigenvalue weighted by molar-refractivity contribution is 0.0577. The summed E-state index contributed by atoms with van der Waals surface area (Å²) in [6.45, 7) is 5.31. The Kier molecular flexibility index (Phi) is 6.88. The van der Waals surface area contributed by atoms with E-state index in [-0.39, 0.29) is 17.4 Å². The number of rotatable bonds is 6. The summed E-state index contributed by atoms with van der Waals surface area (Å²) in [6, 6.07) is 15.6. The van der Waals surface area contributed by atoms with Gasteiger partial charge in [-0.1, -0.05) is 18.2 Å². The van der Waals surface area contributed by atoms with Gasteiger partial charge in [-0.05, 0) is 60.9 Å². The van der Waals surface area contributed by atoms with Crippen LogP contribution >= 0.6 is 0 Å². The number of aryl methyl sites for hydroxylation is 1. The number of morpholine rings is 1. The van der Waals surface area contributed by atoms with Crippen molar-refractivity contribution in [2.45, 2.75) is 32.0 Å². The van der Waals surface area contributed by atoms with Crippen LogP contribution in [0.15, 0.2) is 78.0 Å². The summed E-state index contributed by atoms with van der Waals surface area (Å²) in [5.41, 5.74) is 3.22. The first-order valence-electron chi connectivity index (χ1n) is 13.5. The molecule has 210 valence electrons. The normalized spacial score (nSPS) is 15.9. The fourth-order valence-electron chi connectivity index (χ4n) is 5.18. The molecular formula is C31H31FN6O3. The average Bonchev–Trinajstić information content (AvgIpc) is 3.41. The second-order valence-corrected chi connectivity index (χ2v) is 11.0. The van der Waals surface area contributed by atoms with Gasteiger partial charge in [0.05, 0.1) is 48.7 Å². The molecule has 1 atom stereocenters. The largest absolute Gasteiger partial charge is 0.389 e. The topological polar surface area (TPSA) is 98.3 Å². The van der Waals surface area contributed by atoms with Crippen LogP contribution in [0.2, 0.25) is 0 Å². The van der Waals surface area contributed by atoms with E-state index in [1.54, 1.807) is 54.5 Å². The Hall–Kier alpha value is -4.41.